The summed E-state index contributed by atoms with van der Waals surface area (Å²) in [6.07, 6.45) is 1.92. The molecular weight excluding hydrogens is 278 g/mol. The van der Waals surface area contributed by atoms with E-state index in [1.54, 1.807) is 7.11 Å². The molecule has 0 heterocycles. The molecule has 0 bridgehead atoms. The number of nitrogens with one attached hydrogen (secondary N) is 1. The zero-order valence-corrected chi connectivity index (χ0v) is 12.6. The second-order valence-corrected chi connectivity index (χ2v) is 4.81. The van der Waals surface area contributed by atoms with E-state index in [9.17, 15) is 4.79 Å². The van der Waals surface area contributed by atoms with Crippen LogP contribution in [0.5, 0.6) is 0 Å². The molecule has 0 saturated heterocycles. The molecule has 1 aromatic rings. The fourth-order valence-electron chi connectivity index (χ4n) is 1.68. The van der Waals surface area contributed by atoms with Crippen LogP contribution in [0, 0.1) is 0 Å². The standard InChI is InChI=1S/C15H22ClNO3/c1-19-11-12-20-10-4-9-17-15(18)8-7-13-5-2-3-6-14(13)16/h2-3,5-6H,4,7-12H2,1H3,(H,17,18). The molecule has 0 aliphatic heterocycles. The zero-order valence-electron chi connectivity index (χ0n) is 11.9. The van der Waals surface area contributed by atoms with Crippen LogP contribution >= 0.6 is 11.6 Å². The maximum atomic E-state index is 11.6. The molecule has 4 nitrogen and oxygen atoms in total. The molecule has 0 radical (unpaired) electrons. The van der Waals surface area contributed by atoms with Crippen molar-refractivity contribution in [1.29, 1.82) is 0 Å². The molecule has 5 heteroatoms. The number of hydrogen-bond acceptors (Lipinski definition) is 3. The summed E-state index contributed by atoms with van der Waals surface area (Å²) in [5.41, 5.74) is 1.01. The van der Waals surface area contributed by atoms with E-state index in [1.165, 1.54) is 0 Å². The number of halogens is 1. The minimum atomic E-state index is 0.0433. The number of amides is 1. The van der Waals surface area contributed by atoms with Crippen LogP contribution in [0.15, 0.2) is 24.3 Å². The number of rotatable bonds is 10. The van der Waals surface area contributed by atoms with Gasteiger partial charge in [0.1, 0.15) is 0 Å². The Morgan fingerprint density at radius 2 is 2.05 bits per heavy atom. The quantitative estimate of drug-likeness (QED) is 0.675. The third-order valence-electron chi connectivity index (χ3n) is 2.80. The Morgan fingerprint density at radius 1 is 1.25 bits per heavy atom. The van der Waals surface area contributed by atoms with Gasteiger partial charge in [-0.15, -0.1) is 0 Å². The lowest BCUT2D eigenvalue weighted by atomic mass is 10.1. The molecule has 0 aliphatic carbocycles. The summed E-state index contributed by atoms with van der Waals surface area (Å²) in [7, 11) is 1.64. The first-order chi connectivity index (χ1) is 9.74. The van der Waals surface area contributed by atoms with E-state index in [2.05, 4.69) is 5.32 Å². The van der Waals surface area contributed by atoms with Gasteiger partial charge in [-0.05, 0) is 24.5 Å². The van der Waals surface area contributed by atoms with Gasteiger partial charge in [0.25, 0.3) is 0 Å². The Hall–Kier alpha value is -1.10. The van der Waals surface area contributed by atoms with Gasteiger partial charge in [0, 0.05) is 31.7 Å². The Balaban J connectivity index is 2.05. The van der Waals surface area contributed by atoms with E-state index in [1.807, 2.05) is 24.3 Å². The molecule has 1 aromatic carbocycles. The normalized spacial score (nSPS) is 10.5. The summed E-state index contributed by atoms with van der Waals surface area (Å²) in [4.78, 5) is 11.6. The van der Waals surface area contributed by atoms with Crippen LogP contribution in [0.2, 0.25) is 5.02 Å². The lowest BCUT2D eigenvalue weighted by Crippen LogP contribution is -2.25. The van der Waals surface area contributed by atoms with Gasteiger partial charge in [0.15, 0.2) is 0 Å². The van der Waals surface area contributed by atoms with Crippen molar-refractivity contribution in [3.05, 3.63) is 34.9 Å². The van der Waals surface area contributed by atoms with Gasteiger partial charge in [-0.25, -0.2) is 0 Å². The summed E-state index contributed by atoms with van der Waals surface area (Å²) >= 11 is 6.04. The Kier molecular flexibility index (Phi) is 9.04. The largest absolute Gasteiger partial charge is 0.382 e. The smallest absolute Gasteiger partial charge is 0.220 e. The minimum Gasteiger partial charge on any atom is -0.382 e. The van der Waals surface area contributed by atoms with Crippen molar-refractivity contribution in [3.8, 4) is 0 Å². The molecule has 0 aliphatic rings. The SMILES string of the molecule is COCCOCCCNC(=O)CCc1ccccc1Cl. The number of carbonyl (C=O) groups is 1. The molecule has 0 saturated carbocycles. The highest BCUT2D eigenvalue weighted by Crippen LogP contribution is 2.16. The molecule has 0 fully saturated rings. The van der Waals surface area contributed by atoms with Crippen LogP contribution in [0.25, 0.3) is 0 Å². The van der Waals surface area contributed by atoms with Crippen molar-refractivity contribution in [3.63, 3.8) is 0 Å². The fraction of sp³-hybridized carbons (Fsp3) is 0.533. The van der Waals surface area contributed by atoms with Gasteiger partial charge in [-0.2, -0.15) is 0 Å². The first kappa shape index (κ1) is 17.0. The Morgan fingerprint density at radius 3 is 2.80 bits per heavy atom. The molecule has 0 unspecified atom stereocenters. The molecule has 0 atom stereocenters. The lowest BCUT2D eigenvalue weighted by molar-refractivity contribution is -0.121. The van der Waals surface area contributed by atoms with Crippen LogP contribution < -0.4 is 5.32 Å². The topological polar surface area (TPSA) is 47.6 Å². The zero-order chi connectivity index (χ0) is 14.6. The van der Waals surface area contributed by atoms with Crippen LogP contribution in [-0.4, -0.2) is 39.4 Å². The molecule has 112 valence electrons. The van der Waals surface area contributed by atoms with E-state index < -0.39 is 0 Å². The van der Waals surface area contributed by atoms with Crippen molar-refractivity contribution in [1.82, 2.24) is 5.32 Å². The predicted octanol–water partition coefficient (Wildman–Crippen LogP) is 2.44. The highest BCUT2D eigenvalue weighted by Gasteiger charge is 2.04. The predicted molar refractivity (Wildman–Crippen MR) is 80.1 cm³/mol. The van der Waals surface area contributed by atoms with Crippen molar-refractivity contribution >= 4 is 17.5 Å². The first-order valence-corrected chi connectivity index (χ1v) is 7.18. The fourth-order valence-corrected chi connectivity index (χ4v) is 1.91. The number of aryl methyl sites for hydroxylation is 1. The average molecular weight is 300 g/mol. The average Bonchev–Trinajstić information content (AvgIpc) is 2.45. The van der Waals surface area contributed by atoms with Crippen molar-refractivity contribution in [2.75, 3.05) is 33.5 Å². The Bertz CT molecular complexity index is 398. The van der Waals surface area contributed by atoms with Gasteiger partial charge in [-0.1, -0.05) is 29.8 Å². The summed E-state index contributed by atoms with van der Waals surface area (Å²) in [6, 6.07) is 7.59. The van der Waals surface area contributed by atoms with E-state index in [-0.39, 0.29) is 5.91 Å². The second-order valence-electron chi connectivity index (χ2n) is 4.40. The third-order valence-corrected chi connectivity index (χ3v) is 3.17. The van der Waals surface area contributed by atoms with E-state index >= 15 is 0 Å². The molecule has 0 aromatic heterocycles. The van der Waals surface area contributed by atoms with Gasteiger partial charge in [0.2, 0.25) is 5.91 Å². The van der Waals surface area contributed by atoms with Crippen molar-refractivity contribution in [2.45, 2.75) is 19.3 Å². The van der Waals surface area contributed by atoms with E-state index in [4.69, 9.17) is 21.1 Å². The van der Waals surface area contributed by atoms with Gasteiger partial charge in [0.05, 0.1) is 13.2 Å². The number of carbonyl (C=O) groups excluding carboxylic acids is 1. The Labute approximate surface area is 125 Å². The van der Waals surface area contributed by atoms with Crippen molar-refractivity contribution < 1.29 is 14.3 Å². The summed E-state index contributed by atoms with van der Waals surface area (Å²) in [5, 5.41) is 3.58. The van der Waals surface area contributed by atoms with Gasteiger partial charge < -0.3 is 14.8 Å². The summed E-state index contributed by atoms with van der Waals surface area (Å²) in [5.74, 6) is 0.0433. The molecular formula is C15H22ClNO3. The lowest BCUT2D eigenvalue weighted by Gasteiger charge is -2.07. The minimum absolute atomic E-state index is 0.0433. The van der Waals surface area contributed by atoms with Crippen LogP contribution in [-0.2, 0) is 20.7 Å². The van der Waals surface area contributed by atoms with Crippen LogP contribution in [0.4, 0.5) is 0 Å². The van der Waals surface area contributed by atoms with Gasteiger partial charge in [-0.3, -0.25) is 4.79 Å². The number of methoxy groups -OCH3 is 1. The highest BCUT2D eigenvalue weighted by atomic mass is 35.5. The monoisotopic (exact) mass is 299 g/mol. The van der Waals surface area contributed by atoms with Crippen LogP contribution in [0.3, 0.4) is 0 Å². The van der Waals surface area contributed by atoms with Crippen molar-refractivity contribution in [2.24, 2.45) is 0 Å². The van der Waals surface area contributed by atoms with Gasteiger partial charge >= 0.3 is 0 Å². The first-order valence-electron chi connectivity index (χ1n) is 6.81. The number of hydrogen-bond donors (Lipinski definition) is 1. The maximum absolute atomic E-state index is 11.6. The second kappa shape index (κ2) is 10.7. The molecule has 20 heavy (non-hydrogen) atoms. The van der Waals surface area contributed by atoms with E-state index in [0.717, 1.165) is 12.0 Å². The maximum Gasteiger partial charge on any atom is 0.220 e. The molecule has 1 amide bonds. The number of ether oxygens (including phenoxy) is 2. The molecule has 0 spiro atoms. The highest BCUT2D eigenvalue weighted by molar-refractivity contribution is 6.31. The molecule has 1 N–H and O–H groups in total. The molecule has 1 rings (SSSR count). The number of benzene rings is 1. The summed E-state index contributed by atoms with van der Waals surface area (Å²) in [6.45, 7) is 2.46. The van der Waals surface area contributed by atoms with E-state index in [0.29, 0.717) is 44.2 Å². The third kappa shape index (κ3) is 7.48. The summed E-state index contributed by atoms with van der Waals surface area (Å²) < 4.78 is 10.2. The van der Waals surface area contributed by atoms with Crippen LogP contribution in [0.1, 0.15) is 18.4 Å².